The third-order valence-corrected chi connectivity index (χ3v) is 3.75. The molecule has 0 spiro atoms. The summed E-state index contributed by atoms with van der Waals surface area (Å²) in [5.74, 6) is -2.77. The van der Waals surface area contributed by atoms with Gasteiger partial charge >= 0.3 is 13.1 Å². The summed E-state index contributed by atoms with van der Waals surface area (Å²) in [5.41, 5.74) is 0.390. The molecule has 0 aliphatic carbocycles. The Labute approximate surface area is 147 Å². The zero-order valence-electron chi connectivity index (χ0n) is 13.6. The zero-order chi connectivity index (χ0) is 18.8. The Hall–Kier alpha value is -3.39. The van der Waals surface area contributed by atoms with Crippen molar-refractivity contribution >= 4 is 24.8 Å². The number of carboxylic acid groups (broad SMARTS) is 1. The van der Waals surface area contributed by atoms with E-state index in [1.54, 1.807) is 0 Å². The summed E-state index contributed by atoms with van der Waals surface area (Å²) >= 11 is 0. The molecule has 11 heteroatoms. The molecule has 1 aliphatic rings. The quantitative estimate of drug-likeness (QED) is 0.453. The van der Waals surface area contributed by atoms with Gasteiger partial charge in [-0.2, -0.15) is 0 Å². The third kappa shape index (κ3) is 3.50. The van der Waals surface area contributed by atoms with Gasteiger partial charge in [0.15, 0.2) is 5.78 Å². The summed E-state index contributed by atoms with van der Waals surface area (Å²) in [5, 5.41) is 29.1. The van der Waals surface area contributed by atoms with Gasteiger partial charge in [0, 0.05) is 25.0 Å². The summed E-state index contributed by atoms with van der Waals surface area (Å²) < 4.78 is 6.45. The summed E-state index contributed by atoms with van der Waals surface area (Å²) in [6, 6.07) is 6.51. The fourth-order valence-corrected chi connectivity index (χ4v) is 2.50. The number of carbonyl (C=O) groups excluding carboxylic acids is 2. The maximum Gasteiger partial charge on any atom is 0.547 e. The SMILES string of the molecule is CC(=O)c1cn(CC(=O)N[C@H]2Cc3c#ccc(C(=O)O)c3OB2O)nn1. The van der Waals surface area contributed by atoms with Crippen LogP contribution in [0.4, 0.5) is 0 Å². The van der Waals surface area contributed by atoms with E-state index in [9.17, 15) is 19.4 Å². The Morgan fingerprint density at radius 1 is 1.50 bits per heavy atom. The zero-order valence-corrected chi connectivity index (χ0v) is 13.6. The second-order valence-electron chi connectivity index (χ2n) is 5.68. The topological polar surface area (TPSA) is 144 Å². The van der Waals surface area contributed by atoms with Crippen LogP contribution in [0.1, 0.15) is 33.3 Å². The van der Waals surface area contributed by atoms with Crippen LogP contribution in [-0.2, 0) is 17.8 Å². The predicted octanol–water partition coefficient (Wildman–Crippen LogP) is -1.08. The van der Waals surface area contributed by atoms with E-state index in [0.29, 0.717) is 5.56 Å². The molecule has 1 amide bonds. The van der Waals surface area contributed by atoms with Crippen LogP contribution in [0.3, 0.4) is 0 Å². The minimum atomic E-state index is -1.43. The standard InChI is InChI=1S/C15H13BN4O6/c1-8(21)11-6-20(19-18-11)7-13(22)17-12-5-9-3-2-4-10(15(23)24)14(9)26-16(12)25/h4,6,12,25H,5,7H2,1H3,(H,17,22)(H,23,24)/t12-/m0/s1. The molecule has 0 saturated carbocycles. The van der Waals surface area contributed by atoms with E-state index >= 15 is 0 Å². The molecule has 1 aromatic heterocycles. The second-order valence-corrected chi connectivity index (χ2v) is 5.68. The molecule has 2 heterocycles. The lowest BCUT2D eigenvalue weighted by Gasteiger charge is -2.27. The number of ketones is 1. The second kappa shape index (κ2) is 6.85. The lowest BCUT2D eigenvalue weighted by atomic mass is 9.72. The van der Waals surface area contributed by atoms with Gasteiger partial charge in [-0.1, -0.05) is 17.3 Å². The van der Waals surface area contributed by atoms with Crippen LogP contribution < -0.4 is 9.97 Å². The number of nitrogens with one attached hydrogen (secondary N) is 1. The number of fused-ring (bicyclic) bond motifs is 1. The number of hydrogen-bond donors (Lipinski definition) is 3. The summed E-state index contributed by atoms with van der Waals surface area (Å²) in [6.45, 7) is 1.13. The van der Waals surface area contributed by atoms with Crippen molar-refractivity contribution in [1.29, 1.82) is 0 Å². The average molecular weight is 356 g/mol. The highest BCUT2D eigenvalue weighted by Gasteiger charge is 2.38. The van der Waals surface area contributed by atoms with Gasteiger partial charge in [-0.25, -0.2) is 9.48 Å². The van der Waals surface area contributed by atoms with E-state index in [4.69, 9.17) is 9.76 Å². The van der Waals surface area contributed by atoms with E-state index in [2.05, 4.69) is 27.8 Å². The Kier molecular flexibility index (Phi) is 4.60. The van der Waals surface area contributed by atoms with Gasteiger partial charge < -0.3 is 20.1 Å². The van der Waals surface area contributed by atoms with Crippen molar-refractivity contribution in [3.63, 3.8) is 0 Å². The van der Waals surface area contributed by atoms with Crippen LogP contribution in [0.15, 0.2) is 12.3 Å². The highest BCUT2D eigenvalue weighted by atomic mass is 16.5. The molecule has 3 rings (SSSR count). The fourth-order valence-electron chi connectivity index (χ4n) is 2.50. The van der Waals surface area contributed by atoms with Gasteiger partial charge in [0.05, 0.1) is 12.1 Å². The van der Waals surface area contributed by atoms with E-state index < -0.39 is 24.9 Å². The maximum absolute atomic E-state index is 12.1. The number of aromatic carboxylic acids is 1. The van der Waals surface area contributed by atoms with Crippen LogP contribution in [0.2, 0.25) is 0 Å². The molecule has 2 aromatic rings. The van der Waals surface area contributed by atoms with E-state index in [-0.39, 0.29) is 35.8 Å². The van der Waals surface area contributed by atoms with Gasteiger partial charge in [-0.15, -0.1) is 5.10 Å². The van der Waals surface area contributed by atoms with Gasteiger partial charge in [0.1, 0.15) is 23.6 Å². The third-order valence-electron chi connectivity index (χ3n) is 3.75. The average Bonchev–Trinajstić information content (AvgIpc) is 3.03. The molecule has 132 valence electrons. The minimum absolute atomic E-state index is 0.0108. The Morgan fingerprint density at radius 2 is 2.27 bits per heavy atom. The Morgan fingerprint density at radius 3 is 2.92 bits per heavy atom. The molecule has 0 saturated heterocycles. The highest BCUT2D eigenvalue weighted by molar-refractivity contribution is 6.47. The largest absolute Gasteiger partial charge is 0.547 e. The van der Waals surface area contributed by atoms with Gasteiger partial charge in [0.25, 0.3) is 0 Å². The lowest BCUT2D eigenvalue weighted by molar-refractivity contribution is -0.122. The monoisotopic (exact) mass is 356 g/mol. The van der Waals surface area contributed by atoms with Crippen LogP contribution in [0.5, 0.6) is 5.75 Å². The van der Waals surface area contributed by atoms with Crippen molar-refractivity contribution in [3.05, 3.63) is 41.2 Å². The van der Waals surface area contributed by atoms with Crippen LogP contribution in [0.25, 0.3) is 0 Å². The van der Waals surface area contributed by atoms with Gasteiger partial charge in [-0.3, -0.25) is 9.59 Å². The number of hydrogen-bond acceptors (Lipinski definition) is 7. The first-order valence-corrected chi connectivity index (χ1v) is 7.59. The van der Waals surface area contributed by atoms with Crippen LogP contribution >= 0.6 is 0 Å². The Balaban J connectivity index is 1.68. The molecule has 1 aliphatic heterocycles. The van der Waals surface area contributed by atoms with Gasteiger partial charge in [0.2, 0.25) is 5.91 Å². The molecular formula is C15H13BN4O6. The minimum Gasteiger partial charge on any atom is -0.534 e. The van der Waals surface area contributed by atoms with Crippen molar-refractivity contribution < 1.29 is 29.2 Å². The number of carbonyl (C=O) groups is 3. The normalized spacial score (nSPS) is 15.5. The van der Waals surface area contributed by atoms with Crippen molar-refractivity contribution in [2.45, 2.75) is 25.8 Å². The van der Waals surface area contributed by atoms with Gasteiger partial charge in [-0.05, 0) is 0 Å². The molecule has 3 N–H and O–H groups in total. The van der Waals surface area contributed by atoms with Crippen LogP contribution in [0, 0.1) is 12.1 Å². The number of nitrogens with zero attached hydrogens (tertiary/aromatic N) is 3. The summed E-state index contributed by atoms with van der Waals surface area (Å²) in [6.07, 6.45) is 1.46. The molecule has 1 aromatic carbocycles. The van der Waals surface area contributed by atoms with Crippen LogP contribution in [-0.4, -0.2) is 55.8 Å². The van der Waals surface area contributed by atoms with E-state index in [1.165, 1.54) is 23.9 Å². The number of Topliss-reactive ketones (excluding diaryl/α,β-unsaturated/α-hetero) is 1. The van der Waals surface area contributed by atoms with Crippen molar-refractivity contribution in [2.75, 3.05) is 0 Å². The predicted molar refractivity (Wildman–Crippen MR) is 85.3 cm³/mol. The van der Waals surface area contributed by atoms with Crippen molar-refractivity contribution in [1.82, 2.24) is 20.3 Å². The molecule has 1 atom stereocenters. The molecule has 0 radical (unpaired) electrons. The lowest BCUT2D eigenvalue weighted by Crippen LogP contribution is -2.53. The number of rotatable bonds is 5. The van der Waals surface area contributed by atoms with E-state index in [1.807, 2.05) is 0 Å². The molecule has 0 bridgehead atoms. The smallest absolute Gasteiger partial charge is 0.534 e. The first-order valence-electron chi connectivity index (χ1n) is 7.59. The number of carboxylic acids is 1. The molecular weight excluding hydrogens is 343 g/mol. The van der Waals surface area contributed by atoms with E-state index in [0.717, 1.165) is 0 Å². The van der Waals surface area contributed by atoms with Crippen molar-refractivity contribution in [2.24, 2.45) is 0 Å². The number of aromatic nitrogens is 3. The summed E-state index contributed by atoms with van der Waals surface area (Å²) in [7, 11) is -1.43. The van der Waals surface area contributed by atoms with Crippen molar-refractivity contribution in [3.8, 4) is 5.75 Å². The molecule has 10 nitrogen and oxygen atoms in total. The first kappa shape index (κ1) is 17.4. The molecule has 0 unspecified atom stereocenters. The number of amides is 1. The molecule has 26 heavy (non-hydrogen) atoms. The highest BCUT2D eigenvalue weighted by Crippen LogP contribution is 2.28. The summed E-state index contributed by atoms with van der Waals surface area (Å²) in [4.78, 5) is 34.5. The molecule has 0 fully saturated rings. The fraction of sp³-hybridized carbons (Fsp3) is 0.267. The first-order chi connectivity index (χ1) is 12.3. The maximum atomic E-state index is 12.1. The Bertz CT molecular complexity index is 883.